The van der Waals surface area contributed by atoms with Gasteiger partial charge in [-0.3, -0.25) is 4.79 Å². The van der Waals surface area contributed by atoms with E-state index in [-0.39, 0.29) is 19.0 Å². The highest BCUT2D eigenvalue weighted by atomic mass is 16.6. The van der Waals surface area contributed by atoms with Gasteiger partial charge in [-0.25, -0.2) is 0 Å². The van der Waals surface area contributed by atoms with Crippen molar-refractivity contribution < 1.29 is 19.0 Å². The molecule has 1 aliphatic rings. The van der Waals surface area contributed by atoms with Crippen molar-refractivity contribution in [3.8, 4) is 11.5 Å². The average Bonchev–Trinajstić information content (AvgIpc) is 2.66. The zero-order chi connectivity index (χ0) is 17.1. The maximum Gasteiger partial charge on any atom is 0.310 e. The van der Waals surface area contributed by atoms with Crippen LogP contribution in [0.1, 0.15) is 11.1 Å². The number of hydrogen-bond donors (Lipinski definition) is 0. The molecule has 0 bridgehead atoms. The van der Waals surface area contributed by atoms with E-state index in [1.807, 2.05) is 48.5 Å². The minimum absolute atomic E-state index is 0.210. The summed E-state index contributed by atoms with van der Waals surface area (Å²) in [5.41, 5.74) is 1.86. The van der Waals surface area contributed by atoms with Crippen molar-refractivity contribution in [2.24, 2.45) is 0 Å². The number of hydrogen-bond acceptors (Lipinski definition) is 4. The summed E-state index contributed by atoms with van der Waals surface area (Å²) in [7, 11) is 0. The fraction of sp³-hybridized carbons (Fsp3) is 0.190. The predicted molar refractivity (Wildman–Crippen MR) is 94.9 cm³/mol. The summed E-state index contributed by atoms with van der Waals surface area (Å²) in [6.07, 6.45) is 0.210. The molecule has 4 nitrogen and oxygen atoms in total. The zero-order valence-corrected chi connectivity index (χ0v) is 13.7. The van der Waals surface area contributed by atoms with Crippen molar-refractivity contribution >= 4 is 16.7 Å². The first-order valence-electron chi connectivity index (χ1n) is 8.30. The van der Waals surface area contributed by atoms with Crippen LogP contribution in [0.5, 0.6) is 11.5 Å². The molecular formula is C21H18O4. The van der Waals surface area contributed by atoms with Crippen molar-refractivity contribution in [1.29, 1.82) is 0 Å². The maximum absolute atomic E-state index is 12.2. The van der Waals surface area contributed by atoms with Crippen LogP contribution in [0.15, 0.2) is 60.7 Å². The fourth-order valence-electron chi connectivity index (χ4n) is 2.99. The lowest BCUT2D eigenvalue weighted by Crippen LogP contribution is -2.16. The smallest absolute Gasteiger partial charge is 0.310 e. The first-order chi connectivity index (χ1) is 12.3. The van der Waals surface area contributed by atoms with Gasteiger partial charge in [-0.2, -0.15) is 0 Å². The van der Waals surface area contributed by atoms with Gasteiger partial charge in [0.1, 0.15) is 19.8 Å². The molecule has 0 fully saturated rings. The van der Waals surface area contributed by atoms with Crippen LogP contribution in [0.4, 0.5) is 0 Å². The average molecular weight is 334 g/mol. The number of esters is 1. The Kier molecular flexibility index (Phi) is 4.25. The molecule has 1 heterocycles. The number of carbonyl (C=O) groups is 1. The molecule has 0 spiro atoms. The standard InChI is InChI=1S/C21H18O4/c22-21(13-15-8-9-19-20(12-15)24-11-10-23-19)25-14-17-6-3-5-16-4-1-2-7-18(16)17/h1-9,12H,10-11,13-14H2. The van der Waals surface area contributed by atoms with Crippen LogP contribution in [0.25, 0.3) is 10.8 Å². The Hall–Kier alpha value is -3.01. The van der Waals surface area contributed by atoms with Crippen molar-refractivity contribution in [2.45, 2.75) is 13.0 Å². The lowest BCUT2D eigenvalue weighted by molar-refractivity contribution is -0.144. The topological polar surface area (TPSA) is 44.8 Å². The molecule has 3 aromatic rings. The van der Waals surface area contributed by atoms with Crippen LogP contribution in [0, 0.1) is 0 Å². The quantitative estimate of drug-likeness (QED) is 0.679. The van der Waals surface area contributed by atoms with Gasteiger partial charge in [-0.1, -0.05) is 48.5 Å². The van der Waals surface area contributed by atoms with E-state index in [0.717, 1.165) is 27.6 Å². The van der Waals surface area contributed by atoms with Crippen LogP contribution < -0.4 is 9.47 Å². The van der Waals surface area contributed by atoms with Crippen LogP contribution in [0.2, 0.25) is 0 Å². The summed E-state index contributed by atoms with van der Waals surface area (Å²) < 4.78 is 16.5. The highest BCUT2D eigenvalue weighted by Gasteiger charge is 2.14. The van der Waals surface area contributed by atoms with Crippen LogP contribution in [0.3, 0.4) is 0 Å². The van der Waals surface area contributed by atoms with E-state index >= 15 is 0 Å². The first kappa shape index (κ1) is 15.5. The van der Waals surface area contributed by atoms with E-state index in [1.54, 1.807) is 0 Å². The monoisotopic (exact) mass is 334 g/mol. The van der Waals surface area contributed by atoms with E-state index in [9.17, 15) is 4.79 Å². The lowest BCUT2D eigenvalue weighted by atomic mass is 10.1. The lowest BCUT2D eigenvalue weighted by Gasteiger charge is -2.18. The molecule has 126 valence electrons. The molecule has 0 radical (unpaired) electrons. The molecule has 1 aliphatic heterocycles. The van der Waals surface area contributed by atoms with Gasteiger partial charge in [0.15, 0.2) is 11.5 Å². The maximum atomic E-state index is 12.2. The van der Waals surface area contributed by atoms with Crippen LogP contribution in [-0.4, -0.2) is 19.2 Å². The molecule has 0 aliphatic carbocycles. The number of ether oxygens (including phenoxy) is 3. The molecule has 0 amide bonds. The molecule has 0 N–H and O–H groups in total. The van der Waals surface area contributed by atoms with Crippen LogP contribution in [-0.2, 0) is 22.6 Å². The highest BCUT2D eigenvalue weighted by molar-refractivity contribution is 5.85. The molecule has 25 heavy (non-hydrogen) atoms. The Morgan fingerprint density at radius 3 is 2.64 bits per heavy atom. The van der Waals surface area contributed by atoms with Gasteiger partial charge in [0, 0.05) is 0 Å². The summed E-state index contributed by atoms with van der Waals surface area (Å²) >= 11 is 0. The first-order valence-corrected chi connectivity index (χ1v) is 8.30. The van der Waals surface area contributed by atoms with E-state index in [4.69, 9.17) is 14.2 Å². The molecule has 0 saturated carbocycles. The fourth-order valence-corrected chi connectivity index (χ4v) is 2.99. The summed E-state index contributed by atoms with van der Waals surface area (Å²) in [6.45, 7) is 1.35. The Morgan fingerprint density at radius 1 is 0.920 bits per heavy atom. The second kappa shape index (κ2) is 6.85. The number of carbonyl (C=O) groups excluding carboxylic acids is 1. The molecule has 0 aromatic heterocycles. The van der Waals surface area contributed by atoms with Crippen molar-refractivity contribution in [1.82, 2.24) is 0 Å². The molecule has 4 heteroatoms. The van der Waals surface area contributed by atoms with Gasteiger partial charge in [0.2, 0.25) is 0 Å². The van der Waals surface area contributed by atoms with E-state index in [1.165, 1.54) is 0 Å². The van der Waals surface area contributed by atoms with Gasteiger partial charge >= 0.3 is 5.97 Å². The van der Waals surface area contributed by atoms with E-state index < -0.39 is 0 Å². The molecular weight excluding hydrogens is 316 g/mol. The highest BCUT2D eigenvalue weighted by Crippen LogP contribution is 2.31. The number of fused-ring (bicyclic) bond motifs is 2. The number of rotatable bonds is 4. The van der Waals surface area contributed by atoms with Gasteiger partial charge in [0.05, 0.1) is 6.42 Å². The second-order valence-corrected chi connectivity index (χ2v) is 5.95. The molecule has 0 saturated heterocycles. The summed E-state index contributed by atoms with van der Waals surface area (Å²) in [5.74, 6) is 1.15. The van der Waals surface area contributed by atoms with E-state index in [0.29, 0.717) is 19.0 Å². The Balaban J connectivity index is 1.42. The van der Waals surface area contributed by atoms with Crippen molar-refractivity contribution in [3.05, 3.63) is 71.8 Å². The van der Waals surface area contributed by atoms with Crippen LogP contribution >= 0.6 is 0 Å². The third-order valence-corrected chi connectivity index (χ3v) is 4.22. The SMILES string of the molecule is O=C(Cc1ccc2c(c1)OCCO2)OCc1cccc2ccccc12. The van der Waals surface area contributed by atoms with Gasteiger partial charge in [0.25, 0.3) is 0 Å². The van der Waals surface area contributed by atoms with E-state index in [2.05, 4.69) is 12.1 Å². The molecule has 4 rings (SSSR count). The molecule has 3 aromatic carbocycles. The van der Waals surface area contributed by atoms with Gasteiger partial charge < -0.3 is 14.2 Å². The molecule has 0 atom stereocenters. The zero-order valence-electron chi connectivity index (χ0n) is 13.7. The third kappa shape index (κ3) is 3.43. The Bertz CT molecular complexity index is 911. The summed E-state index contributed by atoms with van der Waals surface area (Å²) in [4.78, 5) is 12.2. The van der Waals surface area contributed by atoms with Gasteiger partial charge in [-0.05, 0) is 34.0 Å². The predicted octanol–water partition coefficient (Wildman–Crippen LogP) is 3.90. The second-order valence-electron chi connectivity index (χ2n) is 5.95. The number of benzene rings is 3. The minimum Gasteiger partial charge on any atom is -0.486 e. The van der Waals surface area contributed by atoms with Crippen molar-refractivity contribution in [2.75, 3.05) is 13.2 Å². The summed E-state index contributed by atoms with van der Waals surface area (Å²) in [6, 6.07) is 19.6. The Labute approximate surface area is 145 Å². The molecule has 0 unspecified atom stereocenters. The normalized spacial score (nSPS) is 12.8. The Morgan fingerprint density at radius 2 is 1.72 bits per heavy atom. The summed E-state index contributed by atoms with van der Waals surface area (Å²) in [5, 5.41) is 2.25. The van der Waals surface area contributed by atoms with Gasteiger partial charge in [-0.15, -0.1) is 0 Å². The largest absolute Gasteiger partial charge is 0.486 e. The third-order valence-electron chi connectivity index (χ3n) is 4.22. The van der Waals surface area contributed by atoms with Crippen molar-refractivity contribution in [3.63, 3.8) is 0 Å². The minimum atomic E-state index is -0.260.